The van der Waals surface area contributed by atoms with Gasteiger partial charge in [-0.3, -0.25) is 0 Å². The van der Waals surface area contributed by atoms with Gasteiger partial charge < -0.3 is 10.1 Å². The van der Waals surface area contributed by atoms with Crippen molar-refractivity contribution in [1.82, 2.24) is 4.98 Å². The molecule has 1 N–H and O–H groups in total. The summed E-state index contributed by atoms with van der Waals surface area (Å²) < 4.78 is 5.69. The Balaban J connectivity index is 2.32. The topological polar surface area (TPSA) is 51.2 Å². The number of ether oxygens (including phenoxy) is 1. The lowest BCUT2D eigenvalue weighted by atomic mass is 10.2. The van der Waals surface area contributed by atoms with Crippen molar-refractivity contribution < 1.29 is 9.53 Å². The number of esters is 1. The Morgan fingerprint density at radius 3 is 2.68 bits per heavy atom. The van der Waals surface area contributed by atoms with Crippen molar-refractivity contribution in [3.8, 4) is 0 Å². The normalized spacial score (nSPS) is 10.1. The quantitative estimate of drug-likeness (QED) is 0.876. The molecule has 0 amide bonds. The highest BCUT2D eigenvalue weighted by Crippen LogP contribution is 2.22. The van der Waals surface area contributed by atoms with Crippen LogP contribution in [0.5, 0.6) is 0 Å². The molecule has 0 radical (unpaired) electrons. The second-order valence-corrected chi connectivity index (χ2v) is 4.78. The highest BCUT2D eigenvalue weighted by Gasteiger charge is 2.11. The molecule has 0 aliphatic heterocycles. The number of halogens is 1. The number of anilines is 2. The summed E-state index contributed by atoms with van der Waals surface area (Å²) in [5.41, 5.74) is 2.02. The Hall–Kier alpha value is -1.88. The molecule has 1 heterocycles. The number of hydrogen-bond acceptors (Lipinski definition) is 4. The number of methoxy groups -OCH3 is 1. The highest BCUT2D eigenvalue weighted by molar-refractivity contribution is 9.10. The molecule has 0 saturated heterocycles. The molecule has 0 aliphatic carbocycles. The number of aromatic nitrogens is 1. The summed E-state index contributed by atoms with van der Waals surface area (Å²) in [5.74, 6) is 0.300. The van der Waals surface area contributed by atoms with E-state index in [9.17, 15) is 4.79 Å². The zero-order valence-corrected chi connectivity index (χ0v) is 12.2. The van der Waals surface area contributed by atoms with Gasteiger partial charge in [0.25, 0.3) is 0 Å². The van der Waals surface area contributed by atoms with Gasteiger partial charge >= 0.3 is 5.97 Å². The van der Waals surface area contributed by atoms with Gasteiger partial charge in [0.05, 0.1) is 24.1 Å². The third-order valence-electron chi connectivity index (χ3n) is 2.62. The average molecular weight is 321 g/mol. The molecule has 0 atom stereocenters. The van der Waals surface area contributed by atoms with Crippen molar-refractivity contribution >= 4 is 33.4 Å². The van der Waals surface area contributed by atoms with Crippen molar-refractivity contribution in [3.05, 3.63) is 52.1 Å². The van der Waals surface area contributed by atoms with Crippen LogP contribution < -0.4 is 5.32 Å². The van der Waals surface area contributed by atoms with Crippen LogP contribution in [0.3, 0.4) is 0 Å². The first-order chi connectivity index (χ1) is 9.11. The Kier molecular flexibility index (Phi) is 4.16. The number of para-hydroxylation sites is 1. The van der Waals surface area contributed by atoms with Crippen molar-refractivity contribution in [2.45, 2.75) is 6.92 Å². The number of hydrogen-bond donors (Lipinski definition) is 1. The first-order valence-electron chi connectivity index (χ1n) is 5.69. The summed E-state index contributed by atoms with van der Waals surface area (Å²) in [6.07, 6.45) is 0. The summed E-state index contributed by atoms with van der Waals surface area (Å²) in [5, 5.41) is 3.12. The van der Waals surface area contributed by atoms with Gasteiger partial charge in [0.2, 0.25) is 0 Å². The summed E-state index contributed by atoms with van der Waals surface area (Å²) in [6, 6.07) is 10.9. The van der Waals surface area contributed by atoms with E-state index in [4.69, 9.17) is 4.74 Å². The Labute approximate surface area is 119 Å². The van der Waals surface area contributed by atoms with Gasteiger partial charge in [-0.15, -0.1) is 0 Å². The smallest absolute Gasteiger partial charge is 0.339 e. The third kappa shape index (κ3) is 3.12. The van der Waals surface area contributed by atoms with E-state index in [0.29, 0.717) is 17.1 Å². The van der Waals surface area contributed by atoms with E-state index in [1.54, 1.807) is 12.1 Å². The van der Waals surface area contributed by atoms with E-state index >= 15 is 0 Å². The van der Waals surface area contributed by atoms with Crippen LogP contribution in [0.15, 0.2) is 40.9 Å². The van der Waals surface area contributed by atoms with Crippen LogP contribution in [0.25, 0.3) is 0 Å². The lowest BCUT2D eigenvalue weighted by Gasteiger charge is -2.10. The molecule has 19 heavy (non-hydrogen) atoms. The van der Waals surface area contributed by atoms with Crippen molar-refractivity contribution in [3.63, 3.8) is 0 Å². The zero-order valence-electron chi connectivity index (χ0n) is 10.6. The number of carbonyl (C=O) groups is 1. The molecular formula is C14H13BrN2O2. The number of aryl methyl sites for hydroxylation is 1. The summed E-state index contributed by atoms with van der Waals surface area (Å²) >= 11 is 3.40. The molecular weight excluding hydrogens is 308 g/mol. The van der Waals surface area contributed by atoms with Crippen LogP contribution >= 0.6 is 15.9 Å². The Morgan fingerprint density at radius 2 is 2.00 bits per heavy atom. The third-order valence-corrected chi connectivity index (χ3v) is 3.45. The lowest BCUT2D eigenvalue weighted by Crippen LogP contribution is -2.06. The predicted molar refractivity (Wildman–Crippen MR) is 77.7 cm³/mol. The predicted octanol–water partition coefficient (Wildman–Crippen LogP) is 3.68. The Morgan fingerprint density at radius 1 is 1.26 bits per heavy atom. The second kappa shape index (κ2) is 5.84. The van der Waals surface area contributed by atoms with Gasteiger partial charge in [-0.1, -0.05) is 12.1 Å². The summed E-state index contributed by atoms with van der Waals surface area (Å²) in [6.45, 7) is 1.90. The first-order valence-corrected chi connectivity index (χ1v) is 6.48. The molecule has 0 saturated carbocycles. The summed E-state index contributed by atoms with van der Waals surface area (Å²) in [7, 11) is 1.36. The monoisotopic (exact) mass is 320 g/mol. The number of benzene rings is 1. The number of nitrogens with zero attached hydrogens (tertiary/aromatic N) is 1. The fraction of sp³-hybridized carbons (Fsp3) is 0.143. The van der Waals surface area contributed by atoms with Gasteiger partial charge in [0.15, 0.2) is 0 Å². The summed E-state index contributed by atoms with van der Waals surface area (Å²) in [4.78, 5) is 16.0. The molecule has 4 nitrogen and oxygen atoms in total. The average Bonchev–Trinajstić information content (AvgIpc) is 2.43. The zero-order chi connectivity index (χ0) is 13.8. The second-order valence-electron chi connectivity index (χ2n) is 3.93. The fourth-order valence-electron chi connectivity index (χ4n) is 1.63. The van der Waals surface area contributed by atoms with Gasteiger partial charge in [0.1, 0.15) is 5.82 Å². The maximum Gasteiger partial charge on any atom is 0.339 e. The molecule has 98 valence electrons. The fourth-order valence-corrected chi connectivity index (χ4v) is 1.85. The Bertz CT molecular complexity index is 614. The molecule has 0 unspecified atom stereocenters. The van der Waals surface area contributed by atoms with Crippen LogP contribution in [0.2, 0.25) is 0 Å². The van der Waals surface area contributed by atoms with Crippen LogP contribution in [-0.2, 0) is 4.74 Å². The minimum Gasteiger partial charge on any atom is -0.465 e. The van der Waals surface area contributed by atoms with E-state index in [-0.39, 0.29) is 5.97 Å². The molecule has 5 heteroatoms. The SMILES string of the molecule is COC(=O)c1ccccc1Nc1ccc(Br)c(C)n1. The maximum absolute atomic E-state index is 11.7. The van der Waals surface area contributed by atoms with Crippen LogP contribution in [-0.4, -0.2) is 18.1 Å². The largest absolute Gasteiger partial charge is 0.465 e. The molecule has 0 aliphatic rings. The van der Waals surface area contributed by atoms with E-state index in [2.05, 4.69) is 26.2 Å². The van der Waals surface area contributed by atoms with Crippen molar-refractivity contribution in [1.29, 1.82) is 0 Å². The van der Waals surface area contributed by atoms with Crippen LogP contribution in [0.1, 0.15) is 16.1 Å². The van der Waals surface area contributed by atoms with Gasteiger partial charge in [0, 0.05) is 4.47 Å². The number of carbonyl (C=O) groups excluding carboxylic acids is 1. The molecule has 1 aromatic carbocycles. The molecule has 0 bridgehead atoms. The number of nitrogens with one attached hydrogen (secondary N) is 1. The lowest BCUT2D eigenvalue weighted by molar-refractivity contribution is 0.0602. The van der Waals surface area contributed by atoms with E-state index in [1.807, 2.05) is 31.2 Å². The molecule has 0 spiro atoms. The molecule has 1 aromatic heterocycles. The first kappa shape index (κ1) is 13.5. The van der Waals surface area contributed by atoms with Crippen molar-refractivity contribution in [2.24, 2.45) is 0 Å². The van der Waals surface area contributed by atoms with E-state index in [1.165, 1.54) is 7.11 Å². The van der Waals surface area contributed by atoms with E-state index < -0.39 is 0 Å². The minimum atomic E-state index is -0.378. The van der Waals surface area contributed by atoms with E-state index in [0.717, 1.165) is 10.2 Å². The standard InChI is InChI=1S/C14H13BrN2O2/c1-9-11(15)7-8-13(16-9)17-12-6-4-3-5-10(12)14(18)19-2/h3-8H,1-2H3,(H,16,17). The van der Waals surface area contributed by atoms with Gasteiger partial charge in [-0.25, -0.2) is 9.78 Å². The van der Waals surface area contributed by atoms with Gasteiger partial charge in [-0.2, -0.15) is 0 Å². The molecule has 2 rings (SSSR count). The maximum atomic E-state index is 11.7. The van der Waals surface area contributed by atoms with Gasteiger partial charge in [-0.05, 0) is 47.1 Å². The molecule has 0 fully saturated rings. The minimum absolute atomic E-state index is 0.378. The number of pyridine rings is 1. The number of rotatable bonds is 3. The highest BCUT2D eigenvalue weighted by atomic mass is 79.9. The van der Waals surface area contributed by atoms with Crippen molar-refractivity contribution in [2.75, 3.05) is 12.4 Å². The molecule has 2 aromatic rings. The van der Waals surface area contributed by atoms with Crippen LogP contribution in [0, 0.1) is 6.92 Å². The van der Waals surface area contributed by atoms with Crippen LogP contribution in [0.4, 0.5) is 11.5 Å².